The van der Waals surface area contributed by atoms with Gasteiger partial charge in [0.05, 0.1) is 5.69 Å². The van der Waals surface area contributed by atoms with E-state index in [1.807, 2.05) is 33.3 Å². The first kappa shape index (κ1) is 13.5. The molecule has 0 atom stereocenters. The van der Waals surface area contributed by atoms with Gasteiger partial charge in [0.15, 0.2) is 0 Å². The van der Waals surface area contributed by atoms with E-state index >= 15 is 0 Å². The molecule has 1 N–H and O–H groups in total. The second kappa shape index (κ2) is 5.78. The molecule has 0 saturated carbocycles. The van der Waals surface area contributed by atoms with Crippen LogP contribution in [0.25, 0.3) is 11.3 Å². The molecule has 0 radical (unpaired) electrons. The van der Waals surface area contributed by atoms with Crippen LogP contribution in [0.15, 0.2) is 18.5 Å². The monoisotopic (exact) mass is 256 g/mol. The number of nitrogens with one attached hydrogen (secondary N) is 1. The molecule has 0 aromatic carbocycles. The zero-order chi connectivity index (χ0) is 13.8. The topological polar surface area (TPSA) is 50.7 Å². The summed E-state index contributed by atoms with van der Waals surface area (Å²) in [5.41, 5.74) is 4.22. The lowest BCUT2D eigenvalue weighted by Gasteiger charge is -2.12. The minimum absolute atomic E-state index is 0.883. The third-order valence-corrected chi connectivity index (χ3v) is 3.05. The number of hydrogen-bond acceptors (Lipinski definition) is 4. The maximum Gasteiger partial charge on any atom is 0.133 e. The van der Waals surface area contributed by atoms with Gasteiger partial charge in [-0.15, -0.1) is 0 Å². The van der Waals surface area contributed by atoms with Crippen LogP contribution < -0.4 is 5.32 Å². The van der Waals surface area contributed by atoms with E-state index in [0.717, 1.165) is 46.9 Å². The predicted molar refractivity (Wildman–Crippen MR) is 78.3 cm³/mol. The van der Waals surface area contributed by atoms with Gasteiger partial charge in [-0.2, -0.15) is 0 Å². The van der Waals surface area contributed by atoms with Crippen LogP contribution in [0.3, 0.4) is 0 Å². The van der Waals surface area contributed by atoms with E-state index in [4.69, 9.17) is 4.98 Å². The summed E-state index contributed by atoms with van der Waals surface area (Å²) >= 11 is 0. The lowest BCUT2D eigenvalue weighted by atomic mass is 10.1. The first-order chi connectivity index (χ1) is 9.15. The zero-order valence-electron chi connectivity index (χ0n) is 12.0. The number of rotatable bonds is 4. The Morgan fingerprint density at radius 1 is 1.16 bits per heavy atom. The van der Waals surface area contributed by atoms with E-state index in [-0.39, 0.29) is 0 Å². The van der Waals surface area contributed by atoms with Crippen molar-refractivity contribution >= 4 is 5.82 Å². The molecule has 2 heterocycles. The highest BCUT2D eigenvalue weighted by Crippen LogP contribution is 2.25. The molecule has 0 spiro atoms. The number of aryl methyl sites for hydroxylation is 2. The van der Waals surface area contributed by atoms with Gasteiger partial charge in [-0.1, -0.05) is 6.92 Å². The molecule has 0 aliphatic rings. The summed E-state index contributed by atoms with van der Waals surface area (Å²) in [6.07, 6.45) is 5.64. The van der Waals surface area contributed by atoms with Gasteiger partial charge in [-0.05, 0) is 31.9 Å². The highest BCUT2D eigenvalue weighted by Gasteiger charge is 2.11. The largest absolute Gasteiger partial charge is 0.373 e. The van der Waals surface area contributed by atoms with Crippen molar-refractivity contribution in [1.82, 2.24) is 15.0 Å². The summed E-state index contributed by atoms with van der Waals surface area (Å²) in [5, 5.41) is 3.15. The van der Waals surface area contributed by atoms with Crippen molar-refractivity contribution in [2.24, 2.45) is 0 Å². The van der Waals surface area contributed by atoms with E-state index < -0.39 is 0 Å². The van der Waals surface area contributed by atoms with Crippen molar-refractivity contribution in [2.75, 3.05) is 12.4 Å². The lowest BCUT2D eigenvalue weighted by Crippen LogP contribution is -2.05. The molecule has 100 valence electrons. The Bertz CT molecular complexity index is 578. The number of hydrogen-bond donors (Lipinski definition) is 1. The van der Waals surface area contributed by atoms with E-state index in [1.54, 1.807) is 0 Å². The van der Waals surface area contributed by atoms with Crippen LogP contribution in [-0.2, 0) is 6.42 Å². The van der Waals surface area contributed by atoms with Crippen molar-refractivity contribution < 1.29 is 0 Å². The third kappa shape index (κ3) is 2.89. The maximum atomic E-state index is 4.69. The van der Waals surface area contributed by atoms with Gasteiger partial charge in [-0.25, -0.2) is 9.97 Å². The van der Waals surface area contributed by atoms with Gasteiger partial charge in [-0.3, -0.25) is 4.98 Å². The average Bonchev–Trinajstić information content (AvgIpc) is 2.41. The molecule has 0 aliphatic heterocycles. The smallest absolute Gasteiger partial charge is 0.133 e. The van der Waals surface area contributed by atoms with Crippen molar-refractivity contribution in [1.29, 1.82) is 0 Å². The average molecular weight is 256 g/mol. The molecule has 4 heteroatoms. The summed E-state index contributed by atoms with van der Waals surface area (Å²) < 4.78 is 0. The Hall–Kier alpha value is -1.97. The molecule has 0 saturated heterocycles. The molecular weight excluding hydrogens is 236 g/mol. The Kier molecular flexibility index (Phi) is 4.10. The molecule has 2 rings (SSSR count). The molecule has 0 fully saturated rings. The van der Waals surface area contributed by atoms with Crippen LogP contribution in [0, 0.1) is 13.8 Å². The van der Waals surface area contributed by atoms with Crippen LogP contribution in [-0.4, -0.2) is 22.0 Å². The quantitative estimate of drug-likeness (QED) is 0.913. The summed E-state index contributed by atoms with van der Waals surface area (Å²) in [5.74, 6) is 1.78. The zero-order valence-corrected chi connectivity index (χ0v) is 12.0. The fourth-order valence-electron chi connectivity index (χ4n) is 2.11. The second-order valence-corrected chi connectivity index (χ2v) is 4.71. The van der Waals surface area contributed by atoms with Crippen LogP contribution in [0.5, 0.6) is 0 Å². The van der Waals surface area contributed by atoms with E-state index in [2.05, 4.69) is 28.3 Å². The molecule has 0 aliphatic carbocycles. The van der Waals surface area contributed by atoms with Gasteiger partial charge in [0.2, 0.25) is 0 Å². The highest BCUT2D eigenvalue weighted by atomic mass is 15.0. The fourth-order valence-corrected chi connectivity index (χ4v) is 2.11. The van der Waals surface area contributed by atoms with Gasteiger partial charge in [0.1, 0.15) is 11.6 Å². The minimum atomic E-state index is 0.883. The Morgan fingerprint density at radius 2 is 1.95 bits per heavy atom. The van der Waals surface area contributed by atoms with Crippen LogP contribution >= 0.6 is 0 Å². The van der Waals surface area contributed by atoms with E-state index in [9.17, 15) is 0 Å². The Labute approximate surface area is 114 Å². The van der Waals surface area contributed by atoms with Gasteiger partial charge < -0.3 is 5.32 Å². The normalized spacial score (nSPS) is 10.5. The molecular formula is C15H20N4. The third-order valence-electron chi connectivity index (χ3n) is 3.05. The summed E-state index contributed by atoms with van der Waals surface area (Å²) in [6, 6.07) is 2.11. The van der Waals surface area contributed by atoms with Gasteiger partial charge in [0.25, 0.3) is 0 Å². The molecule has 2 aromatic heterocycles. The van der Waals surface area contributed by atoms with Crippen molar-refractivity contribution in [3.05, 3.63) is 35.4 Å². The summed E-state index contributed by atoms with van der Waals surface area (Å²) in [7, 11) is 1.89. The summed E-state index contributed by atoms with van der Waals surface area (Å²) in [6.45, 7) is 6.22. The molecule has 0 amide bonds. The fraction of sp³-hybridized carbons (Fsp3) is 0.400. The number of anilines is 1. The highest BCUT2D eigenvalue weighted by molar-refractivity contribution is 5.67. The first-order valence-corrected chi connectivity index (χ1v) is 6.63. The van der Waals surface area contributed by atoms with Crippen LogP contribution in [0.2, 0.25) is 0 Å². The van der Waals surface area contributed by atoms with Crippen LogP contribution in [0.1, 0.15) is 30.3 Å². The van der Waals surface area contributed by atoms with Crippen molar-refractivity contribution in [2.45, 2.75) is 33.6 Å². The lowest BCUT2D eigenvalue weighted by molar-refractivity contribution is 0.834. The molecule has 4 nitrogen and oxygen atoms in total. The van der Waals surface area contributed by atoms with Gasteiger partial charge in [0, 0.05) is 37.0 Å². The number of pyridine rings is 1. The molecule has 19 heavy (non-hydrogen) atoms. The number of aromatic nitrogens is 3. The van der Waals surface area contributed by atoms with E-state index in [1.165, 1.54) is 0 Å². The SMILES string of the molecule is CCCc1nc(NC)c(C)c(-c2cncc(C)c2)n1. The Balaban J connectivity index is 2.57. The standard InChI is InChI=1S/C15H20N4/c1-5-6-13-18-14(11(3)15(16-4)19-13)12-7-10(2)8-17-9-12/h7-9H,5-6H2,1-4H3,(H,16,18,19). The van der Waals surface area contributed by atoms with Crippen LogP contribution in [0.4, 0.5) is 5.82 Å². The van der Waals surface area contributed by atoms with Crippen molar-refractivity contribution in [3.63, 3.8) is 0 Å². The summed E-state index contributed by atoms with van der Waals surface area (Å²) in [4.78, 5) is 13.5. The first-order valence-electron chi connectivity index (χ1n) is 6.63. The van der Waals surface area contributed by atoms with Gasteiger partial charge >= 0.3 is 0 Å². The van der Waals surface area contributed by atoms with E-state index in [0.29, 0.717) is 0 Å². The van der Waals surface area contributed by atoms with Crippen molar-refractivity contribution in [3.8, 4) is 11.3 Å². The predicted octanol–water partition coefficient (Wildman–Crippen LogP) is 3.15. The number of nitrogens with zero attached hydrogens (tertiary/aromatic N) is 3. The maximum absolute atomic E-state index is 4.69. The minimum Gasteiger partial charge on any atom is -0.373 e. The second-order valence-electron chi connectivity index (χ2n) is 4.71. The molecule has 0 bridgehead atoms. The Morgan fingerprint density at radius 3 is 2.58 bits per heavy atom. The molecule has 0 unspecified atom stereocenters. The molecule has 2 aromatic rings.